The summed E-state index contributed by atoms with van der Waals surface area (Å²) in [6.07, 6.45) is 4.50. The van der Waals surface area contributed by atoms with Gasteiger partial charge in [0, 0.05) is 6.07 Å². The summed E-state index contributed by atoms with van der Waals surface area (Å²) in [5.41, 5.74) is -0.890. The van der Waals surface area contributed by atoms with Crippen LogP contribution < -0.4 is 4.74 Å². The SMILES string of the molecule is O=[N+]([O-])c1ccccc1OCC1(O)CCCCC1. The van der Waals surface area contributed by atoms with E-state index in [1.807, 2.05) is 0 Å². The van der Waals surface area contributed by atoms with Crippen molar-refractivity contribution in [2.24, 2.45) is 0 Å². The number of nitrogens with zero attached hydrogens (tertiary/aromatic N) is 1. The summed E-state index contributed by atoms with van der Waals surface area (Å²) >= 11 is 0. The van der Waals surface area contributed by atoms with Crippen LogP contribution in [0.2, 0.25) is 0 Å². The first kappa shape index (κ1) is 12.8. The minimum absolute atomic E-state index is 0.0584. The van der Waals surface area contributed by atoms with Gasteiger partial charge in [-0.3, -0.25) is 10.1 Å². The average Bonchev–Trinajstić information content (AvgIpc) is 2.38. The highest BCUT2D eigenvalue weighted by Crippen LogP contribution is 2.31. The minimum Gasteiger partial charge on any atom is -0.484 e. The Morgan fingerprint density at radius 1 is 1.28 bits per heavy atom. The number of rotatable bonds is 4. The second-order valence-electron chi connectivity index (χ2n) is 4.80. The number of ether oxygens (including phenoxy) is 1. The molecule has 1 N–H and O–H groups in total. The van der Waals surface area contributed by atoms with Crippen LogP contribution in [-0.4, -0.2) is 22.2 Å². The lowest BCUT2D eigenvalue weighted by atomic mass is 9.85. The minimum atomic E-state index is -0.831. The molecular weight excluding hydrogens is 234 g/mol. The number of aliphatic hydroxyl groups is 1. The maximum absolute atomic E-state index is 10.8. The molecule has 5 nitrogen and oxygen atoms in total. The second kappa shape index (κ2) is 5.35. The van der Waals surface area contributed by atoms with Gasteiger partial charge in [-0.25, -0.2) is 0 Å². The molecule has 0 aliphatic heterocycles. The van der Waals surface area contributed by atoms with Crippen molar-refractivity contribution in [3.8, 4) is 5.75 Å². The third kappa shape index (κ3) is 2.98. The van der Waals surface area contributed by atoms with Crippen LogP contribution in [0.3, 0.4) is 0 Å². The second-order valence-corrected chi connectivity index (χ2v) is 4.80. The van der Waals surface area contributed by atoms with Crippen LogP contribution in [0.5, 0.6) is 5.75 Å². The fraction of sp³-hybridized carbons (Fsp3) is 0.538. The van der Waals surface area contributed by atoms with Gasteiger partial charge < -0.3 is 9.84 Å². The molecular formula is C13H17NO4. The monoisotopic (exact) mass is 251 g/mol. The Bertz CT molecular complexity index is 427. The first-order valence-corrected chi connectivity index (χ1v) is 6.19. The van der Waals surface area contributed by atoms with Crippen molar-refractivity contribution in [2.45, 2.75) is 37.7 Å². The van der Waals surface area contributed by atoms with Gasteiger partial charge in [-0.15, -0.1) is 0 Å². The Kier molecular flexibility index (Phi) is 3.81. The van der Waals surface area contributed by atoms with Crippen molar-refractivity contribution < 1.29 is 14.8 Å². The summed E-state index contributed by atoms with van der Waals surface area (Å²) in [4.78, 5) is 10.3. The molecule has 1 aliphatic carbocycles. The number of nitro groups is 1. The van der Waals surface area contributed by atoms with Crippen LogP contribution in [0.4, 0.5) is 5.69 Å². The zero-order valence-electron chi connectivity index (χ0n) is 10.2. The number of para-hydroxylation sites is 2. The van der Waals surface area contributed by atoms with Gasteiger partial charge in [-0.1, -0.05) is 31.4 Å². The van der Waals surface area contributed by atoms with Crippen molar-refractivity contribution in [1.82, 2.24) is 0 Å². The number of hydrogen-bond donors (Lipinski definition) is 1. The number of benzene rings is 1. The van der Waals surface area contributed by atoms with E-state index in [-0.39, 0.29) is 18.0 Å². The molecule has 0 unspecified atom stereocenters. The van der Waals surface area contributed by atoms with Crippen molar-refractivity contribution in [3.05, 3.63) is 34.4 Å². The molecule has 98 valence electrons. The smallest absolute Gasteiger partial charge is 0.310 e. The summed E-state index contributed by atoms with van der Waals surface area (Å²) in [5.74, 6) is 0.224. The summed E-state index contributed by atoms with van der Waals surface area (Å²) in [6.45, 7) is 0.123. The predicted molar refractivity (Wildman–Crippen MR) is 66.6 cm³/mol. The lowest BCUT2D eigenvalue weighted by Crippen LogP contribution is -2.37. The van der Waals surface area contributed by atoms with Crippen LogP contribution in [0.1, 0.15) is 32.1 Å². The molecule has 2 rings (SSSR count). The molecule has 0 bridgehead atoms. The first-order valence-electron chi connectivity index (χ1n) is 6.19. The molecule has 1 fully saturated rings. The van der Waals surface area contributed by atoms with Gasteiger partial charge in [-0.2, -0.15) is 0 Å². The van der Waals surface area contributed by atoms with Gasteiger partial charge in [-0.05, 0) is 18.9 Å². The molecule has 1 saturated carbocycles. The van der Waals surface area contributed by atoms with Crippen LogP contribution in [-0.2, 0) is 0 Å². The van der Waals surface area contributed by atoms with Gasteiger partial charge in [0.05, 0.1) is 10.5 Å². The van der Waals surface area contributed by atoms with Gasteiger partial charge >= 0.3 is 5.69 Å². The summed E-state index contributed by atoms with van der Waals surface area (Å²) in [6, 6.07) is 6.25. The highest BCUT2D eigenvalue weighted by Gasteiger charge is 2.30. The van der Waals surface area contributed by atoms with E-state index < -0.39 is 10.5 Å². The lowest BCUT2D eigenvalue weighted by molar-refractivity contribution is -0.386. The fourth-order valence-corrected chi connectivity index (χ4v) is 2.30. The summed E-state index contributed by atoms with van der Waals surface area (Å²) in [5, 5.41) is 21.1. The zero-order valence-corrected chi connectivity index (χ0v) is 10.2. The van der Waals surface area contributed by atoms with Gasteiger partial charge in [0.15, 0.2) is 5.75 Å². The molecule has 0 aromatic heterocycles. The average molecular weight is 251 g/mol. The molecule has 1 aromatic carbocycles. The topological polar surface area (TPSA) is 72.6 Å². The van der Waals surface area contributed by atoms with Crippen LogP contribution in [0.15, 0.2) is 24.3 Å². The quantitative estimate of drug-likeness (QED) is 0.659. The molecule has 0 saturated heterocycles. The van der Waals surface area contributed by atoms with Crippen molar-refractivity contribution >= 4 is 5.69 Å². The van der Waals surface area contributed by atoms with Crippen molar-refractivity contribution in [3.63, 3.8) is 0 Å². The van der Waals surface area contributed by atoms with E-state index in [9.17, 15) is 15.2 Å². The molecule has 5 heteroatoms. The van der Waals surface area contributed by atoms with E-state index in [1.165, 1.54) is 6.07 Å². The van der Waals surface area contributed by atoms with Crippen LogP contribution in [0.25, 0.3) is 0 Å². The molecule has 0 radical (unpaired) electrons. The number of nitro benzene ring substituents is 1. The largest absolute Gasteiger partial charge is 0.484 e. The highest BCUT2D eigenvalue weighted by molar-refractivity contribution is 5.45. The first-order chi connectivity index (χ1) is 8.61. The zero-order chi connectivity index (χ0) is 13.0. The van der Waals surface area contributed by atoms with Crippen molar-refractivity contribution in [1.29, 1.82) is 0 Å². The predicted octanol–water partition coefficient (Wildman–Crippen LogP) is 2.67. The van der Waals surface area contributed by atoms with Crippen LogP contribution in [0, 0.1) is 10.1 Å². The van der Waals surface area contributed by atoms with E-state index in [0.717, 1.165) is 19.3 Å². The van der Waals surface area contributed by atoms with E-state index >= 15 is 0 Å². The molecule has 1 aromatic rings. The van der Waals surface area contributed by atoms with E-state index in [4.69, 9.17) is 4.74 Å². The molecule has 0 amide bonds. The Balaban J connectivity index is 2.03. The Hall–Kier alpha value is -1.62. The standard InChI is InChI=1S/C13H17NO4/c15-13(8-4-1-5-9-13)10-18-12-7-3-2-6-11(12)14(16)17/h2-3,6-7,15H,1,4-5,8-10H2. The molecule has 0 spiro atoms. The van der Waals surface area contributed by atoms with E-state index in [2.05, 4.69) is 0 Å². The third-order valence-electron chi connectivity index (χ3n) is 3.34. The van der Waals surface area contributed by atoms with E-state index in [0.29, 0.717) is 12.8 Å². The Morgan fingerprint density at radius 3 is 2.61 bits per heavy atom. The highest BCUT2D eigenvalue weighted by atomic mass is 16.6. The van der Waals surface area contributed by atoms with E-state index in [1.54, 1.807) is 18.2 Å². The maximum atomic E-state index is 10.8. The van der Waals surface area contributed by atoms with Crippen LogP contribution >= 0.6 is 0 Å². The molecule has 0 heterocycles. The van der Waals surface area contributed by atoms with Crippen molar-refractivity contribution in [2.75, 3.05) is 6.61 Å². The Morgan fingerprint density at radius 2 is 1.94 bits per heavy atom. The third-order valence-corrected chi connectivity index (χ3v) is 3.34. The number of hydrogen-bond acceptors (Lipinski definition) is 4. The molecule has 0 atom stereocenters. The fourth-order valence-electron chi connectivity index (χ4n) is 2.30. The molecule has 18 heavy (non-hydrogen) atoms. The molecule has 1 aliphatic rings. The summed E-state index contributed by atoms with van der Waals surface area (Å²) < 4.78 is 5.45. The normalized spacial score (nSPS) is 18.3. The maximum Gasteiger partial charge on any atom is 0.310 e. The van der Waals surface area contributed by atoms with Gasteiger partial charge in [0.1, 0.15) is 6.61 Å². The lowest BCUT2D eigenvalue weighted by Gasteiger charge is -2.31. The Labute approximate surface area is 106 Å². The van der Waals surface area contributed by atoms with Gasteiger partial charge in [0.25, 0.3) is 0 Å². The van der Waals surface area contributed by atoms with Gasteiger partial charge in [0.2, 0.25) is 0 Å². The summed E-state index contributed by atoms with van der Waals surface area (Å²) in [7, 11) is 0.